The fourth-order valence-electron chi connectivity index (χ4n) is 3.36. The first-order valence-electron chi connectivity index (χ1n) is 9.22. The number of rotatable bonds is 6. The van der Waals surface area contributed by atoms with Gasteiger partial charge in [-0.1, -0.05) is 18.2 Å². The maximum Gasteiger partial charge on any atom is 0.505 e. The summed E-state index contributed by atoms with van der Waals surface area (Å²) in [6.07, 6.45) is -9.47. The molecule has 162 valence electrons. The van der Waals surface area contributed by atoms with E-state index in [1.807, 2.05) is 0 Å². The number of alkyl halides is 1. The second-order valence-corrected chi connectivity index (χ2v) is 6.97. The molecule has 0 aromatic heterocycles. The van der Waals surface area contributed by atoms with Gasteiger partial charge in [0.05, 0.1) is 7.11 Å². The van der Waals surface area contributed by atoms with Gasteiger partial charge < -0.3 is 29.5 Å². The van der Waals surface area contributed by atoms with Crippen molar-refractivity contribution in [2.24, 2.45) is 0 Å². The van der Waals surface area contributed by atoms with Crippen molar-refractivity contribution in [3.8, 4) is 5.75 Å². The van der Waals surface area contributed by atoms with Crippen LogP contribution in [0.5, 0.6) is 5.75 Å². The summed E-state index contributed by atoms with van der Waals surface area (Å²) in [5.74, 6) is 0.186. The van der Waals surface area contributed by atoms with Gasteiger partial charge in [-0.3, -0.25) is 0 Å². The first kappa shape index (κ1) is 21.9. The molecule has 2 aromatic carbocycles. The molecule has 1 aliphatic rings. The van der Waals surface area contributed by atoms with Gasteiger partial charge in [-0.25, -0.2) is 13.6 Å². The number of ether oxygens (including phenoxy) is 3. The predicted octanol–water partition coefficient (Wildman–Crippen LogP) is 2.62. The van der Waals surface area contributed by atoms with Crippen LogP contribution in [0.25, 0.3) is 0 Å². The van der Waals surface area contributed by atoms with Gasteiger partial charge in [0.2, 0.25) is 0 Å². The number of hydrogen-bond acceptors (Lipinski definition) is 6. The van der Waals surface area contributed by atoms with Crippen LogP contribution in [0.4, 0.5) is 13.6 Å². The highest BCUT2D eigenvalue weighted by molar-refractivity contribution is 5.56. The number of carbonyl (C=O) groups is 1. The van der Waals surface area contributed by atoms with E-state index in [1.54, 1.807) is 31.4 Å². The summed E-state index contributed by atoms with van der Waals surface area (Å²) >= 11 is 0. The van der Waals surface area contributed by atoms with Crippen molar-refractivity contribution >= 4 is 6.16 Å². The molecule has 0 saturated carbocycles. The summed E-state index contributed by atoms with van der Waals surface area (Å²) in [6, 6.07) is 11.1. The molecule has 5 atom stereocenters. The molecule has 1 aliphatic heterocycles. The van der Waals surface area contributed by atoms with Gasteiger partial charge in [0.25, 0.3) is 0 Å². The highest BCUT2D eigenvalue weighted by atomic mass is 19.1. The summed E-state index contributed by atoms with van der Waals surface area (Å²) in [5, 5.41) is 28.9. The SMILES string of the molecule is COc1ccc(Cc2cc(C3OC(COC(=O)O)C(F)C(O)C3O)ccc2F)cc1. The Kier molecular flexibility index (Phi) is 6.86. The maximum absolute atomic E-state index is 14.4. The molecule has 1 fully saturated rings. The van der Waals surface area contributed by atoms with Crippen molar-refractivity contribution in [3.05, 3.63) is 65.0 Å². The summed E-state index contributed by atoms with van der Waals surface area (Å²) in [7, 11) is 1.54. The van der Waals surface area contributed by atoms with E-state index >= 15 is 0 Å². The van der Waals surface area contributed by atoms with Crippen molar-refractivity contribution in [1.29, 1.82) is 0 Å². The Balaban J connectivity index is 1.82. The third-order valence-electron chi connectivity index (χ3n) is 4.99. The van der Waals surface area contributed by atoms with Crippen LogP contribution in [0.2, 0.25) is 0 Å². The number of benzene rings is 2. The van der Waals surface area contributed by atoms with E-state index in [9.17, 15) is 23.8 Å². The monoisotopic (exact) mass is 424 g/mol. The van der Waals surface area contributed by atoms with Crippen LogP contribution in [0.3, 0.4) is 0 Å². The lowest BCUT2D eigenvalue weighted by molar-refractivity contribution is -0.214. The fraction of sp³-hybridized carbons (Fsp3) is 0.381. The Bertz CT molecular complexity index is 874. The van der Waals surface area contributed by atoms with Crippen molar-refractivity contribution in [2.45, 2.75) is 37.0 Å². The van der Waals surface area contributed by atoms with Crippen LogP contribution in [0.15, 0.2) is 42.5 Å². The first-order chi connectivity index (χ1) is 14.3. The van der Waals surface area contributed by atoms with Crippen molar-refractivity contribution in [1.82, 2.24) is 0 Å². The summed E-state index contributed by atoms with van der Waals surface area (Å²) in [5.41, 5.74) is 1.44. The van der Waals surface area contributed by atoms with Crippen LogP contribution in [0, 0.1) is 5.82 Å². The average molecular weight is 424 g/mol. The van der Waals surface area contributed by atoms with Crippen LogP contribution in [-0.4, -0.2) is 59.7 Å². The molecular formula is C21H22F2O7. The minimum Gasteiger partial charge on any atom is -0.497 e. The molecule has 0 spiro atoms. The number of aliphatic hydroxyl groups is 2. The highest BCUT2D eigenvalue weighted by Crippen LogP contribution is 2.35. The van der Waals surface area contributed by atoms with Crippen molar-refractivity contribution in [2.75, 3.05) is 13.7 Å². The average Bonchev–Trinajstić information content (AvgIpc) is 2.74. The molecule has 30 heavy (non-hydrogen) atoms. The molecule has 1 saturated heterocycles. The number of aliphatic hydroxyl groups excluding tert-OH is 2. The standard InChI is InChI=1S/C21H22F2O7/c1-28-14-5-2-11(3-6-14)8-13-9-12(4-7-15(13)22)20-19(25)18(24)17(23)16(30-20)10-29-21(26)27/h2-7,9,16-20,24-25H,8,10H2,1H3,(H,26,27). The zero-order valence-electron chi connectivity index (χ0n) is 16.1. The molecule has 9 heteroatoms. The van der Waals surface area contributed by atoms with E-state index in [1.165, 1.54) is 18.2 Å². The molecule has 0 amide bonds. The van der Waals surface area contributed by atoms with Crippen molar-refractivity contribution < 1.29 is 43.1 Å². The maximum atomic E-state index is 14.4. The third-order valence-corrected chi connectivity index (χ3v) is 4.99. The quantitative estimate of drug-likeness (QED) is 0.612. The smallest absolute Gasteiger partial charge is 0.497 e. The lowest BCUT2D eigenvalue weighted by Gasteiger charge is -2.39. The number of halogens is 2. The Morgan fingerprint density at radius 2 is 1.83 bits per heavy atom. The molecule has 5 unspecified atom stereocenters. The minimum atomic E-state index is -2.05. The van der Waals surface area contributed by atoms with Gasteiger partial charge in [-0.05, 0) is 41.0 Å². The van der Waals surface area contributed by atoms with Crippen molar-refractivity contribution in [3.63, 3.8) is 0 Å². The molecule has 3 rings (SSSR count). The van der Waals surface area contributed by atoms with Gasteiger partial charge in [-0.2, -0.15) is 0 Å². The molecule has 2 aromatic rings. The van der Waals surface area contributed by atoms with Crippen LogP contribution in [-0.2, 0) is 15.9 Å². The topological polar surface area (TPSA) is 105 Å². The lowest BCUT2D eigenvalue weighted by atomic mass is 9.90. The second kappa shape index (κ2) is 9.38. The van der Waals surface area contributed by atoms with E-state index in [4.69, 9.17) is 14.6 Å². The third kappa shape index (κ3) is 4.86. The van der Waals surface area contributed by atoms with E-state index in [0.717, 1.165) is 5.56 Å². The van der Waals surface area contributed by atoms with Gasteiger partial charge in [0.1, 0.15) is 42.6 Å². The molecule has 1 heterocycles. The van der Waals surface area contributed by atoms with E-state index < -0.39 is 49.2 Å². The molecule has 7 nitrogen and oxygen atoms in total. The Morgan fingerprint density at radius 1 is 1.13 bits per heavy atom. The van der Waals surface area contributed by atoms with E-state index in [-0.39, 0.29) is 6.42 Å². The Hall–Kier alpha value is -2.75. The van der Waals surface area contributed by atoms with Crippen LogP contribution < -0.4 is 4.74 Å². The Labute approximate surface area is 171 Å². The molecular weight excluding hydrogens is 402 g/mol. The first-order valence-corrected chi connectivity index (χ1v) is 9.22. The van der Waals surface area contributed by atoms with Gasteiger partial charge >= 0.3 is 6.16 Å². The normalized spacial score (nSPS) is 26.2. The van der Waals surface area contributed by atoms with Gasteiger partial charge in [0, 0.05) is 6.42 Å². The predicted molar refractivity (Wildman–Crippen MR) is 101 cm³/mol. The largest absolute Gasteiger partial charge is 0.505 e. The lowest BCUT2D eigenvalue weighted by Crippen LogP contribution is -2.53. The number of carboxylic acid groups (broad SMARTS) is 1. The zero-order chi connectivity index (χ0) is 21.8. The van der Waals surface area contributed by atoms with E-state index in [2.05, 4.69) is 4.74 Å². The van der Waals surface area contributed by atoms with Crippen LogP contribution in [0.1, 0.15) is 22.8 Å². The molecule has 0 bridgehead atoms. The highest BCUT2D eigenvalue weighted by Gasteiger charge is 2.46. The molecule has 0 aliphatic carbocycles. The van der Waals surface area contributed by atoms with Gasteiger partial charge in [0.15, 0.2) is 6.17 Å². The summed E-state index contributed by atoms with van der Waals surface area (Å²) in [6.45, 7) is -0.656. The van der Waals surface area contributed by atoms with Crippen LogP contribution >= 0.6 is 0 Å². The molecule has 0 radical (unpaired) electrons. The Morgan fingerprint density at radius 3 is 2.47 bits per heavy atom. The number of methoxy groups -OCH3 is 1. The molecule has 3 N–H and O–H groups in total. The van der Waals surface area contributed by atoms with E-state index in [0.29, 0.717) is 16.9 Å². The zero-order valence-corrected chi connectivity index (χ0v) is 16.1. The second-order valence-electron chi connectivity index (χ2n) is 6.97. The summed E-state index contributed by atoms with van der Waals surface area (Å²) < 4.78 is 43.5. The summed E-state index contributed by atoms with van der Waals surface area (Å²) in [4.78, 5) is 10.6. The minimum absolute atomic E-state index is 0.242. The fourth-order valence-corrected chi connectivity index (χ4v) is 3.36. The number of hydrogen-bond donors (Lipinski definition) is 3. The van der Waals surface area contributed by atoms with Gasteiger partial charge in [-0.15, -0.1) is 0 Å².